The maximum Gasteiger partial charge on any atom is 0.303 e. The predicted octanol–water partition coefficient (Wildman–Crippen LogP) is 2.41. The van der Waals surface area contributed by atoms with E-state index in [1.54, 1.807) is 0 Å². The summed E-state index contributed by atoms with van der Waals surface area (Å²) in [6.07, 6.45) is 0. The lowest BCUT2D eigenvalue weighted by molar-refractivity contribution is -0.388. The van der Waals surface area contributed by atoms with Crippen LogP contribution in [0.2, 0.25) is 0 Å². The van der Waals surface area contributed by atoms with Crippen molar-refractivity contribution in [1.29, 1.82) is 0 Å². The second kappa shape index (κ2) is 7.35. The Morgan fingerprint density at radius 1 is 0.714 bits per heavy atom. The molecule has 14 nitrogen and oxygen atoms in total. The fourth-order valence-electron chi connectivity index (χ4n) is 2.11. The first-order valence-electron chi connectivity index (χ1n) is 6.75. The standard InChI is InChI=1S/C12H8N4O10S2/c17-15(18)9-5-1-3-7(11(9)27(21,22)23)13-14-8-4-2-6-10(16(19)20)12(8)28(24,25)26/h1-6H,(H,21,22,23)(H,24,25,26)/b14-13+. The van der Waals surface area contributed by atoms with Crippen LogP contribution in [-0.2, 0) is 20.2 Å². The molecule has 2 aromatic rings. The summed E-state index contributed by atoms with van der Waals surface area (Å²) in [5.74, 6) is 0. The van der Waals surface area contributed by atoms with Gasteiger partial charge in [0, 0.05) is 12.1 Å². The molecule has 0 aliphatic heterocycles. The van der Waals surface area contributed by atoms with E-state index in [1.165, 1.54) is 0 Å². The number of nitrogens with zero attached hydrogens (tertiary/aromatic N) is 4. The Balaban J connectivity index is 2.76. The summed E-state index contributed by atoms with van der Waals surface area (Å²) in [6.45, 7) is 0. The zero-order valence-corrected chi connectivity index (χ0v) is 14.9. The van der Waals surface area contributed by atoms with Crippen LogP contribution >= 0.6 is 0 Å². The molecule has 0 radical (unpaired) electrons. The third kappa shape index (κ3) is 4.31. The second-order valence-corrected chi connectivity index (χ2v) is 7.63. The highest BCUT2D eigenvalue weighted by molar-refractivity contribution is 7.86. The Bertz CT molecular complexity index is 1130. The van der Waals surface area contributed by atoms with Crippen molar-refractivity contribution >= 4 is 43.0 Å². The van der Waals surface area contributed by atoms with Crippen LogP contribution in [0.3, 0.4) is 0 Å². The fraction of sp³-hybridized carbons (Fsp3) is 0. The molecule has 0 saturated heterocycles. The highest BCUT2D eigenvalue weighted by Gasteiger charge is 2.30. The molecule has 16 heteroatoms. The molecule has 2 aromatic carbocycles. The quantitative estimate of drug-likeness (QED) is 0.293. The van der Waals surface area contributed by atoms with Gasteiger partial charge in [-0.1, -0.05) is 12.1 Å². The molecular weight excluding hydrogens is 424 g/mol. The number of hydrogen-bond acceptors (Lipinski definition) is 10. The van der Waals surface area contributed by atoms with Gasteiger partial charge in [-0.05, 0) is 12.1 Å². The summed E-state index contributed by atoms with van der Waals surface area (Å²) in [7, 11) is -10.3. The van der Waals surface area contributed by atoms with Gasteiger partial charge in [0.2, 0.25) is 0 Å². The van der Waals surface area contributed by atoms with Crippen molar-refractivity contribution < 1.29 is 35.8 Å². The van der Waals surface area contributed by atoms with E-state index >= 15 is 0 Å². The zero-order chi connectivity index (χ0) is 21.3. The Hall–Kier alpha value is -3.34. The molecule has 28 heavy (non-hydrogen) atoms. The topological polar surface area (TPSA) is 220 Å². The first-order chi connectivity index (χ1) is 12.8. The summed E-state index contributed by atoms with van der Waals surface area (Å²) < 4.78 is 64.4. The summed E-state index contributed by atoms with van der Waals surface area (Å²) >= 11 is 0. The van der Waals surface area contributed by atoms with E-state index in [0.717, 1.165) is 36.4 Å². The van der Waals surface area contributed by atoms with Crippen LogP contribution in [0, 0.1) is 20.2 Å². The Labute approximate surface area is 155 Å². The van der Waals surface area contributed by atoms with Crippen molar-refractivity contribution in [1.82, 2.24) is 0 Å². The van der Waals surface area contributed by atoms with E-state index in [4.69, 9.17) is 0 Å². The van der Waals surface area contributed by atoms with Gasteiger partial charge in [0.05, 0.1) is 9.85 Å². The maximum absolute atomic E-state index is 11.5. The van der Waals surface area contributed by atoms with Gasteiger partial charge in [-0.15, -0.1) is 10.2 Å². The average Bonchev–Trinajstić information content (AvgIpc) is 2.57. The highest BCUT2D eigenvalue weighted by atomic mass is 32.2. The highest BCUT2D eigenvalue weighted by Crippen LogP contribution is 2.37. The smallest absolute Gasteiger partial charge is 0.282 e. The van der Waals surface area contributed by atoms with Crippen LogP contribution < -0.4 is 0 Å². The van der Waals surface area contributed by atoms with E-state index in [2.05, 4.69) is 10.2 Å². The predicted molar refractivity (Wildman–Crippen MR) is 90.0 cm³/mol. The molecule has 2 rings (SSSR count). The maximum atomic E-state index is 11.5. The van der Waals surface area contributed by atoms with Gasteiger partial charge in [0.15, 0.2) is 9.79 Å². The van der Waals surface area contributed by atoms with Crippen molar-refractivity contribution in [2.24, 2.45) is 10.2 Å². The van der Waals surface area contributed by atoms with Gasteiger partial charge in [0.25, 0.3) is 11.4 Å². The third-order valence-electron chi connectivity index (χ3n) is 3.12. The molecule has 0 spiro atoms. The van der Waals surface area contributed by atoms with Crippen LogP contribution in [0.5, 0.6) is 0 Å². The average molecular weight is 432 g/mol. The van der Waals surface area contributed by atoms with E-state index in [1.807, 2.05) is 0 Å². The van der Waals surface area contributed by atoms with Crippen LogP contribution in [0.25, 0.3) is 0 Å². The lowest BCUT2D eigenvalue weighted by atomic mass is 10.3. The molecule has 0 atom stereocenters. The first kappa shape index (κ1) is 21.0. The largest absolute Gasteiger partial charge is 0.303 e. The number of benzene rings is 2. The summed E-state index contributed by atoms with van der Waals surface area (Å²) in [5, 5.41) is 28.6. The lowest BCUT2D eigenvalue weighted by Crippen LogP contribution is -2.04. The van der Waals surface area contributed by atoms with Crippen LogP contribution in [-0.4, -0.2) is 35.8 Å². The molecule has 0 aliphatic rings. The number of nitro benzene ring substituents is 2. The molecule has 0 heterocycles. The minimum absolute atomic E-state index is 0.746. The molecule has 0 aromatic heterocycles. The summed E-state index contributed by atoms with van der Waals surface area (Å²) in [5.41, 5.74) is -3.56. The Kier molecular flexibility index (Phi) is 5.50. The molecule has 2 N–H and O–H groups in total. The van der Waals surface area contributed by atoms with Crippen molar-refractivity contribution in [2.45, 2.75) is 9.79 Å². The lowest BCUT2D eigenvalue weighted by Gasteiger charge is -2.04. The monoisotopic (exact) mass is 432 g/mol. The third-order valence-corrected chi connectivity index (χ3v) is 4.99. The first-order valence-corrected chi connectivity index (χ1v) is 9.63. The van der Waals surface area contributed by atoms with Crippen molar-refractivity contribution in [3.05, 3.63) is 56.6 Å². The molecule has 0 saturated carbocycles. The summed E-state index contributed by atoms with van der Waals surface area (Å²) in [4.78, 5) is 17.3. The Morgan fingerprint density at radius 2 is 1.04 bits per heavy atom. The zero-order valence-electron chi connectivity index (χ0n) is 13.2. The van der Waals surface area contributed by atoms with E-state index in [0.29, 0.717) is 0 Å². The van der Waals surface area contributed by atoms with Gasteiger partial charge in [0.1, 0.15) is 11.4 Å². The van der Waals surface area contributed by atoms with Gasteiger partial charge in [-0.25, -0.2) is 0 Å². The minimum atomic E-state index is -5.14. The van der Waals surface area contributed by atoms with E-state index in [9.17, 15) is 46.2 Å². The second-order valence-electron chi connectivity index (χ2n) is 4.92. The SMILES string of the molecule is O=[N+]([O-])c1cccc(/N=N/c2cccc([N+](=O)[O-])c2S(=O)(=O)O)c1S(=O)(=O)O. The van der Waals surface area contributed by atoms with Gasteiger partial charge in [-0.2, -0.15) is 16.8 Å². The molecule has 0 amide bonds. The summed E-state index contributed by atoms with van der Waals surface area (Å²) in [6, 6.07) is 5.36. The Morgan fingerprint density at radius 3 is 1.29 bits per heavy atom. The fourth-order valence-corrected chi connectivity index (χ4v) is 3.67. The van der Waals surface area contributed by atoms with E-state index in [-0.39, 0.29) is 0 Å². The van der Waals surface area contributed by atoms with Crippen molar-refractivity contribution in [3.8, 4) is 0 Å². The van der Waals surface area contributed by atoms with Crippen molar-refractivity contribution in [3.63, 3.8) is 0 Å². The van der Waals surface area contributed by atoms with Gasteiger partial charge >= 0.3 is 20.2 Å². The number of nitro groups is 2. The number of rotatable bonds is 6. The van der Waals surface area contributed by atoms with Crippen LogP contribution in [0.4, 0.5) is 22.7 Å². The molecule has 0 fully saturated rings. The molecule has 148 valence electrons. The normalized spacial score (nSPS) is 12.2. The molecular formula is C12H8N4O10S2. The van der Waals surface area contributed by atoms with Crippen molar-refractivity contribution in [2.75, 3.05) is 0 Å². The van der Waals surface area contributed by atoms with Crippen LogP contribution in [0.1, 0.15) is 0 Å². The van der Waals surface area contributed by atoms with Gasteiger partial charge < -0.3 is 0 Å². The van der Waals surface area contributed by atoms with Crippen LogP contribution in [0.15, 0.2) is 56.4 Å². The minimum Gasteiger partial charge on any atom is -0.282 e. The number of azo groups is 1. The van der Waals surface area contributed by atoms with Gasteiger partial charge in [-0.3, -0.25) is 29.3 Å². The molecule has 0 bridgehead atoms. The van der Waals surface area contributed by atoms with E-state index < -0.39 is 62.6 Å². The molecule has 0 aliphatic carbocycles. The molecule has 0 unspecified atom stereocenters. The number of hydrogen-bond donors (Lipinski definition) is 2.